The molecule has 0 spiro atoms. The predicted octanol–water partition coefficient (Wildman–Crippen LogP) is 5.22. The van der Waals surface area contributed by atoms with E-state index in [1.165, 1.54) is 38.5 Å². The molecule has 0 heterocycles. The van der Waals surface area contributed by atoms with Crippen LogP contribution in [0.25, 0.3) is 0 Å². The molecule has 0 aromatic heterocycles. The van der Waals surface area contributed by atoms with Crippen LogP contribution in [0.15, 0.2) is 24.3 Å². The predicted molar refractivity (Wildman–Crippen MR) is 76.2 cm³/mol. The molecule has 0 saturated heterocycles. The maximum Gasteiger partial charge on any atom is 0.119 e. The van der Waals surface area contributed by atoms with Crippen LogP contribution in [-0.2, 0) is 4.79 Å². The number of carbonyl (C=O) groups excluding carboxylic acids is 1. The van der Waals surface area contributed by atoms with E-state index in [0.717, 1.165) is 32.0 Å². The van der Waals surface area contributed by atoms with E-state index >= 15 is 0 Å². The van der Waals surface area contributed by atoms with Gasteiger partial charge in [-0.05, 0) is 51.4 Å². The van der Waals surface area contributed by atoms with Crippen molar-refractivity contribution >= 4 is 6.29 Å². The lowest BCUT2D eigenvalue weighted by Crippen LogP contribution is -1.76. The van der Waals surface area contributed by atoms with E-state index in [2.05, 4.69) is 31.2 Å². The number of hydrogen-bond donors (Lipinski definition) is 0. The molecule has 17 heavy (non-hydrogen) atoms. The van der Waals surface area contributed by atoms with Crippen molar-refractivity contribution in [3.63, 3.8) is 0 Å². The lowest BCUT2D eigenvalue weighted by molar-refractivity contribution is -0.107. The minimum atomic E-state index is 0.720. The van der Waals surface area contributed by atoms with E-state index in [1.807, 2.05) is 0 Å². The topological polar surface area (TPSA) is 17.1 Å². The van der Waals surface area contributed by atoms with E-state index < -0.39 is 0 Å². The van der Waals surface area contributed by atoms with E-state index in [9.17, 15) is 4.79 Å². The van der Waals surface area contributed by atoms with Crippen molar-refractivity contribution in [2.75, 3.05) is 0 Å². The summed E-state index contributed by atoms with van der Waals surface area (Å²) in [6, 6.07) is 0. The summed E-state index contributed by atoms with van der Waals surface area (Å²) in [5.41, 5.74) is 0. The fraction of sp³-hybridized carbons (Fsp3) is 0.688. The Hall–Kier alpha value is -0.850. The molecule has 0 aliphatic rings. The molecular weight excluding hydrogens is 208 g/mol. The fourth-order valence-electron chi connectivity index (χ4n) is 1.65. The normalized spacial score (nSPS) is 11.6. The molecular formula is C16H28O. The maximum absolute atomic E-state index is 10.1. The lowest BCUT2D eigenvalue weighted by atomic mass is 10.1. The average Bonchev–Trinajstić information content (AvgIpc) is 2.35. The Labute approximate surface area is 107 Å². The van der Waals surface area contributed by atoms with Crippen molar-refractivity contribution in [3.05, 3.63) is 24.3 Å². The van der Waals surface area contributed by atoms with E-state index in [-0.39, 0.29) is 0 Å². The Bertz CT molecular complexity index is 204. The zero-order valence-corrected chi connectivity index (χ0v) is 11.4. The number of hydrogen-bond acceptors (Lipinski definition) is 1. The summed E-state index contributed by atoms with van der Waals surface area (Å²) < 4.78 is 0. The Morgan fingerprint density at radius 1 is 0.647 bits per heavy atom. The second-order valence-corrected chi connectivity index (χ2v) is 4.47. The van der Waals surface area contributed by atoms with Gasteiger partial charge in [0.05, 0.1) is 0 Å². The number of rotatable bonds is 12. The first-order valence-electron chi connectivity index (χ1n) is 7.15. The van der Waals surface area contributed by atoms with Crippen molar-refractivity contribution in [1.29, 1.82) is 0 Å². The molecule has 0 atom stereocenters. The summed E-state index contributed by atoms with van der Waals surface area (Å²) in [6.07, 6.45) is 21.7. The maximum atomic E-state index is 10.1. The minimum Gasteiger partial charge on any atom is -0.303 e. The van der Waals surface area contributed by atoms with Crippen molar-refractivity contribution in [1.82, 2.24) is 0 Å². The first kappa shape index (κ1) is 16.1. The van der Waals surface area contributed by atoms with Gasteiger partial charge in [-0.2, -0.15) is 0 Å². The van der Waals surface area contributed by atoms with Crippen LogP contribution in [0, 0.1) is 0 Å². The highest BCUT2D eigenvalue weighted by molar-refractivity contribution is 5.48. The zero-order chi connectivity index (χ0) is 12.6. The number of allylic oxidation sites excluding steroid dienone is 4. The standard InChI is InChI=1S/C16H28O/c1-2-3-4-5-6-7-8-9-10-11-12-13-14-15-16-17/h4-5,10-11,16H,2-3,6-9,12-15H2,1H3/b5-4-,11-10-. The van der Waals surface area contributed by atoms with Gasteiger partial charge < -0.3 is 4.79 Å². The van der Waals surface area contributed by atoms with Gasteiger partial charge in [-0.1, -0.05) is 37.6 Å². The Balaban J connectivity index is 3.11. The molecule has 0 fully saturated rings. The van der Waals surface area contributed by atoms with Crippen LogP contribution in [0.3, 0.4) is 0 Å². The third kappa shape index (κ3) is 15.1. The Morgan fingerprint density at radius 3 is 1.47 bits per heavy atom. The Morgan fingerprint density at radius 2 is 1.06 bits per heavy atom. The van der Waals surface area contributed by atoms with Gasteiger partial charge in [0.15, 0.2) is 0 Å². The first-order valence-corrected chi connectivity index (χ1v) is 7.15. The van der Waals surface area contributed by atoms with Gasteiger partial charge in [-0.3, -0.25) is 0 Å². The molecule has 0 amide bonds. The molecule has 0 N–H and O–H groups in total. The summed E-state index contributed by atoms with van der Waals surface area (Å²) in [7, 11) is 0. The third-order valence-corrected chi connectivity index (χ3v) is 2.72. The van der Waals surface area contributed by atoms with Gasteiger partial charge in [-0.25, -0.2) is 0 Å². The van der Waals surface area contributed by atoms with Crippen molar-refractivity contribution in [2.24, 2.45) is 0 Å². The van der Waals surface area contributed by atoms with Gasteiger partial charge in [0.25, 0.3) is 0 Å². The molecule has 0 aliphatic heterocycles. The smallest absolute Gasteiger partial charge is 0.119 e. The molecule has 0 radical (unpaired) electrons. The van der Waals surface area contributed by atoms with Crippen LogP contribution in [0.5, 0.6) is 0 Å². The highest BCUT2D eigenvalue weighted by atomic mass is 16.1. The van der Waals surface area contributed by atoms with E-state index in [4.69, 9.17) is 0 Å². The summed E-state index contributed by atoms with van der Waals surface area (Å²) in [5, 5.41) is 0. The average molecular weight is 236 g/mol. The number of aldehydes is 1. The van der Waals surface area contributed by atoms with Crippen LogP contribution in [0.4, 0.5) is 0 Å². The molecule has 1 nitrogen and oxygen atoms in total. The van der Waals surface area contributed by atoms with Crippen molar-refractivity contribution in [2.45, 2.75) is 71.1 Å². The molecule has 1 heteroatoms. The second kappa shape index (κ2) is 15.1. The molecule has 98 valence electrons. The second-order valence-electron chi connectivity index (χ2n) is 4.47. The largest absolute Gasteiger partial charge is 0.303 e. The molecule has 0 unspecified atom stereocenters. The van der Waals surface area contributed by atoms with Crippen LogP contribution in [-0.4, -0.2) is 6.29 Å². The summed E-state index contributed by atoms with van der Waals surface area (Å²) >= 11 is 0. The summed E-state index contributed by atoms with van der Waals surface area (Å²) in [5.74, 6) is 0. The van der Waals surface area contributed by atoms with Crippen LogP contribution >= 0.6 is 0 Å². The van der Waals surface area contributed by atoms with Gasteiger partial charge in [0, 0.05) is 6.42 Å². The lowest BCUT2D eigenvalue weighted by Gasteiger charge is -1.94. The van der Waals surface area contributed by atoms with E-state index in [0.29, 0.717) is 0 Å². The zero-order valence-electron chi connectivity index (χ0n) is 11.4. The third-order valence-electron chi connectivity index (χ3n) is 2.72. The van der Waals surface area contributed by atoms with E-state index in [1.54, 1.807) is 0 Å². The molecule has 0 saturated carbocycles. The van der Waals surface area contributed by atoms with Crippen LogP contribution < -0.4 is 0 Å². The number of carbonyl (C=O) groups is 1. The SMILES string of the molecule is CCC/C=C\CCCC/C=C\CCCCC=O. The van der Waals surface area contributed by atoms with Crippen molar-refractivity contribution < 1.29 is 4.79 Å². The van der Waals surface area contributed by atoms with Crippen LogP contribution in [0.2, 0.25) is 0 Å². The minimum absolute atomic E-state index is 0.720. The van der Waals surface area contributed by atoms with Crippen LogP contribution in [0.1, 0.15) is 71.1 Å². The molecule has 0 aliphatic carbocycles. The van der Waals surface area contributed by atoms with Gasteiger partial charge in [0.2, 0.25) is 0 Å². The summed E-state index contributed by atoms with van der Waals surface area (Å²) in [6.45, 7) is 2.21. The fourth-order valence-corrected chi connectivity index (χ4v) is 1.65. The van der Waals surface area contributed by atoms with Crippen molar-refractivity contribution in [3.8, 4) is 0 Å². The first-order chi connectivity index (χ1) is 8.41. The molecule has 0 bridgehead atoms. The molecule has 0 aromatic rings. The van der Waals surface area contributed by atoms with Gasteiger partial charge in [-0.15, -0.1) is 0 Å². The monoisotopic (exact) mass is 236 g/mol. The summed E-state index contributed by atoms with van der Waals surface area (Å²) in [4.78, 5) is 10.1. The molecule has 0 aromatic carbocycles. The highest BCUT2D eigenvalue weighted by Gasteiger charge is 1.86. The molecule has 0 rings (SSSR count). The highest BCUT2D eigenvalue weighted by Crippen LogP contribution is 2.04. The van der Waals surface area contributed by atoms with Gasteiger partial charge in [0.1, 0.15) is 6.29 Å². The number of unbranched alkanes of at least 4 members (excludes halogenated alkanes) is 7. The Kier molecular flexibility index (Phi) is 14.4. The van der Waals surface area contributed by atoms with Gasteiger partial charge >= 0.3 is 0 Å². The quantitative estimate of drug-likeness (QED) is 0.258.